The standard InChI is InChI=1S/C15H12N2O4S/c1-4-13(10-16)9-11(2)12(3)22(20,21)15-7-5-14(6-8-15)17(18)19/h1,5-9H,2-3H3/b12-11+,13-9+. The molecule has 0 saturated carbocycles. The van der Waals surface area contributed by atoms with Gasteiger partial charge in [0, 0.05) is 17.0 Å². The van der Waals surface area contributed by atoms with Crippen molar-refractivity contribution in [1.29, 1.82) is 5.26 Å². The van der Waals surface area contributed by atoms with Crippen molar-refractivity contribution in [1.82, 2.24) is 0 Å². The molecule has 0 unspecified atom stereocenters. The number of hydrogen-bond acceptors (Lipinski definition) is 5. The summed E-state index contributed by atoms with van der Waals surface area (Å²) in [5.74, 6) is 2.14. The van der Waals surface area contributed by atoms with Crippen LogP contribution < -0.4 is 0 Å². The number of nitrogens with zero attached hydrogens (tertiary/aromatic N) is 2. The van der Waals surface area contributed by atoms with E-state index in [1.165, 1.54) is 32.1 Å². The van der Waals surface area contributed by atoms with Crippen LogP contribution in [0.15, 0.2) is 51.3 Å². The number of sulfone groups is 1. The highest BCUT2D eigenvalue weighted by Crippen LogP contribution is 2.24. The molecule has 7 heteroatoms. The number of allylic oxidation sites excluding steroid dienone is 4. The molecule has 1 aromatic carbocycles. The van der Waals surface area contributed by atoms with E-state index in [4.69, 9.17) is 11.7 Å². The first-order valence-electron chi connectivity index (χ1n) is 5.99. The van der Waals surface area contributed by atoms with Crippen LogP contribution in [0.2, 0.25) is 0 Å². The van der Waals surface area contributed by atoms with Gasteiger partial charge in [-0.15, -0.1) is 6.42 Å². The molecular weight excluding hydrogens is 304 g/mol. The van der Waals surface area contributed by atoms with E-state index in [0.29, 0.717) is 5.57 Å². The minimum atomic E-state index is -3.81. The molecule has 0 aliphatic carbocycles. The van der Waals surface area contributed by atoms with Crippen LogP contribution in [0.5, 0.6) is 0 Å². The Morgan fingerprint density at radius 1 is 1.32 bits per heavy atom. The molecule has 112 valence electrons. The van der Waals surface area contributed by atoms with E-state index in [0.717, 1.165) is 12.1 Å². The summed E-state index contributed by atoms with van der Waals surface area (Å²) < 4.78 is 24.8. The van der Waals surface area contributed by atoms with Gasteiger partial charge >= 0.3 is 0 Å². The summed E-state index contributed by atoms with van der Waals surface area (Å²) in [6.07, 6.45) is 6.42. The van der Waals surface area contributed by atoms with Crippen LogP contribution in [-0.2, 0) is 9.84 Å². The molecule has 0 aliphatic rings. The number of hydrogen-bond donors (Lipinski definition) is 0. The van der Waals surface area contributed by atoms with Crippen molar-refractivity contribution in [3.63, 3.8) is 0 Å². The smallest absolute Gasteiger partial charge is 0.258 e. The SMILES string of the molecule is C#C/C(C#N)=C\C(C)=C(/C)S(=O)(=O)c1ccc([N+](=O)[O-])cc1. The summed E-state index contributed by atoms with van der Waals surface area (Å²) in [5, 5.41) is 19.3. The van der Waals surface area contributed by atoms with Crippen LogP contribution in [0.3, 0.4) is 0 Å². The molecule has 0 atom stereocenters. The summed E-state index contributed by atoms with van der Waals surface area (Å²) in [4.78, 5) is 9.92. The lowest BCUT2D eigenvalue weighted by molar-refractivity contribution is -0.384. The predicted octanol–water partition coefficient (Wildman–Crippen LogP) is 2.75. The van der Waals surface area contributed by atoms with Crippen LogP contribution >= 0.6 is 0 Å². The second-order valence-electron chi connectivity index (χ2n) is 4.31. The molecule has 0 radical (unpaired) electrons. The number of benzene rings is 1. The highest BCUT2D eigenvalue weighted by Gasteiger charge is 2.19. The van der Waals surface area contributed by atoms with Crippen LogP contribution in [0.1, 0.15) is 13.8 Å². The first-order chi connectivity index (χ1) is 10.2. The largest absolute Gasteiger partial charge is 0.269 e. The molecule has 0 aliphatic heterocycles. The Bertz CT molecular complexity index is 832. The Morgan fingerprint density at radius 3 is 2.27 bits per heavy atom. The topological polar surface area (TPSA) is 101 Å². The van der Waals surface area contributed by atoms with Crippen LogP contribution in [0.4, 0.5) is 5.69 Å². The Labute approximate surface area is 128 Å². The number of nitro benzene ring substituents is 1. The van der Waals surface area contributed by atoms with Gasteiger partial charge in [0.1, 0.15) is 11.6 Å². The average Bonchev–Trinajstić information content (AvgIpc) is 2.51. The van der Waals surface area contributed by atoms with E-state index in [1.807, 2.05) is 0 Å². The third-order valence-electron chi connectivity index (χ3n) is 2.95. The zero-order valence-corrected chi connectivity index (χ0v) is 12.7. The van der Waals surface area contributed by atoms with Crippen LogP contribution in [-0.4, -0.2) is 13.3 Å². The van der Waals surface area contributed by atoms with Crippen molar-refractivity contribution in [3.8, 4) is 18.4 Å². The molecule has 0 amide bonds. The van der Waals surface area contributed by atoms with Crippen molar-refractivity contribution in [2.75, 3.05) is 0 Å². The van der Waals surface area contributed by atoms with Gasteiger partial charge < -0.3 is 0 Å². The zero-order valence-electron chi connectivity index (χ0n) is 11.9. The van der Waals surface area contributed by atoms with E-state index in [2.05, 4.69) is 5.92 Å². The third kappa shape index (κ3) is 3.60. The molecule has 0 N–H and O–H groups in total. The first kappa shape index (κ1) is 17.2. The summed E-state index contributed by atoms with van der Waals surface area (Å²) in [7, 11) is -3.81. The second-order valence-corrected chi connectivity index (χ2v) is 6.40. The highest BCUT2D eigenvalue weighted by atomic mass is 32.2. The molecule has 22 heavy (non-hydrogen) atoms. The van der Waals surface area contributed by atoms with Gasteiger partial charge in [-0.3, -0.25) is 10.1 Å². The molecular formula is C15H12N2O4S. The van der Waals surface area contributed by atoms with Crippen molar-refractivity contribution in [2.24, 2.45) is 0 Å². The average molecular weight is 316 g/mol. The fourth-order valence-corrected chi connectivity index (χ4v) is 2.89. The fourth-order valence-electron chi connectivity index (χ4n) is 1.56. The van der Waals surface area contributed by atoms with Gasteiger partial charge in [-0.2, -0.15) is 5.26 Å². The molecule has 0 aromatic heterocycles. The van der Waals surface area contributed by atoms with Gasteiger partial charge in [0.05, 0.1) is 9.82 Å². The van der Waals surface area contributed by atoms with Crippen molar-refractivity contribution in [3.05, 3.63) is 56.5 Å². The molecule has 0 saturated heterocycles. The molecule has 1 aromatic rings. The van der Waals surface area contributed by atoms with E-state index in [9.17, 15) is 18.5 Å². The summed E-state index contributed by atoms with van der Waals surface area (Å²) in [6, 6.07) is 6.34. The maximum Gasteiger partial charge on any atom is 0.269 e. The molecule has 0 fully saturated rings. The van der Waals surface area contributed by atoms with Crippen molar-refractivity contribution < 1.29 is 13.3 Å². The van der Waals surface area contributed by atoms with E-state index >= 15 is 0 Å². The quantitative estimate of drug-likeness (QED) is 0.279. The maximum atomic E-state index is 12.4. The number of terminal acetylenes is 1. The van der Waals surface area contributed by atoms with Gasteiger partial charge in [0.25, 0.3) is 5.69 Å². The lowest BCUT2D eigenvalue weighted by atomic mass is 10.2. The van der Waals surface area contributed by atoms with Crippen molar-refractivity contribution >= 4 is 15.5 Å². The van der Waals surface area contributed by atoms with Gasteiger partial charge in [0.15, 0.2) is 0 Å². The van der Waals surface area contributed by atoms with Gasteiger partial charge in [-0.25, -0.2) is 8.42 Å². The molecule has 0 spiro atoms. The highest BCUT2D eigenvalue weighted by molar-refractivity contribution is 7.95. The lowest BCUT2D eigenvalue weighted by Gasteiger charge is -2.07. The zero-order chi connectivity index (χ0) is 16.9. The van der Waals surface area contributed by atoms with Crippen LogP contribution in [0.25, 0.3) is 0 Å². The maximum absolute atomic E-state index is 12.4. The van der Waals surface area contributed by atoms with Gasteiger partial charge in [0.2, 0.25) is 9.84 Å². The van der Waals surface area contributed by atoms with E-state index in [1.54, 1.807) is 6.07 Å². The Kier molecular flexibility index (Phi) is 5.23. The Hall–Kier alpha value is -2.90. The number of nitro groups is 1. The summed E-state index contributed by atoms with van der Waals surface area (Å²) >= 11 is 0. The van der Waals surface area contributed by atoms with E-state index in [-0.39, 0.29) is 21.1 Å². The van der Waals surface area contributed by atoms with E-state index < -0.39 is 14.8 Å². The molecule has 1 rings (SSSR count). The Balaban J connectivity index is 3.35. The predicted molar refractivity (Wildman–Crippen MR) is 81.2 cm³/mol. The second kappa shape index (κ2) is 6.70. The molecule has 6 nitrogen and oxygen atoms in total. The summed E-state index contributed by atoms with van der Waals surface area (Å²) in [6.45, 7) is 2.90. The van der Waals surface area contributed by atoms with Crippen LogP contribution in [0, 0.1) is 33.8 Å². The first-order valence-corrected chi connectivity index (χ1v) is 7.47. The minimum Gasteiger partial charge on any atom is -0.258 e. The third-order valence-corrected chi connectivity index (χ3v) is 4.97. The minimum absolute atomic E-state index is 0.00995. The van der Waals surface area contributed by atoms with Gasteiger partial charge in [-0.05, 0) is 37.6 Å². The van der Waals surface area contributed by atoms with Gasteiger partial charge in [-0.1, -0.05) is 5.92 Å². The molecule has 0 heterocycles. The normalized spacial score (nSPS) is 12.8. The number of rotatable bonds is 4. The lowest BCUT2D eigenvalue weighted by Crippen LogP contribution is -2.04. The number of non-ortho nitro benzene ring substituents is 1. The monoisotopic (exact) mass is 316 g/mol. The fraction of sp³-hybridized carbons (Fsp3) is 0.133. The Morgan fingerprint density at radius 2 is 1.86 bits per heavy atom. The summed E-state index contributed by atoms with van der Waals surface area (Å²) in [5.41, 5.74) is 0.139. The molecule has 0 bridgehead atoms. The van der Waals surface area contributed by atoms with Crippen molar-refractivity contribution in [2.45, 2.75) is 18.7 Å². The number of nitriles is 1.